The fourth-order valence-corrected chi connectivity index (χ4v) is 1.34. The first-order chi connectivity index (χ1) is 5.79. The van der Waals surface area contributed by atoms with Crippen LogP contribution in [0.15, 0.2) is 36.4 Å². The fraction of sp³-hybridized carbons (Fsp3) is 0. The number of nitrogens with one attached hydrogen (secondary N) is 2. The number of benzene rings is 2. The summed E-state index contributed by atoms with van der Waals surface area (Å²) >= 11 is 0. The van der Waals surface area contributed by atoms with Crippen LogP contribution in [0.5, 0.6) is 0 Å². The van der Waals surface area contributed by atoms with Crippen molar-refractivity contribution >= 4 is 22.1 Å². The minimum absolute atomic E-state index is 0. The summed E-state index contributed by atoms with van der Waals surface area (Å²) < 4.78 is 0. The first-order valence-electron chi connectivity index (χ1n) is 3.74. The van der Waals surface area contributed by atoms with E-state index in [1.165, 1.54) is 0 Å². The predicted octanol–water partition coefficient (Wildman–Crippen LogP) is -4.78. The summed E-state index contributed by atoms with van der Waals surface area (Å²) in [5, 5.41) is 1.70. The van der Waals surface area contributed by atoms with Crippen LogP contribution in [0.25, 0.3) is 22.2 Å². The Morgan fingerprint density at radius 1 is 0.667 bits per heavy atom. The second kappa shape index (κ2) is 10.1. The van der Waals surface area contributed by atoms with Crippen LogP contribution in [0.4, 0.5) is 11.4 Å². The molecule has 2 nitrogen and oxygen atoms in total. The average molecular weight is 273 g/mol. The van der Waals surface area contributed by atoms with E-state index in [2.05, 4.69) is 0 Å². The van der Waals surface area contributed by atoms with Gasteiger partial charge in [0.25, 0.3) is 0 Å². The van der Waals surface area contributed by atoms with Crippen molar-refractivity contribution in [2.75, 3.05) is 0 Å². The van der Waals surface area contributed by atoms with E-state index in [0.717, 1.165) is 10.8 Å². The molecular formula is C10H8K3N2+. The molecule has 0 atom stereocenters. The van der Waals surface area contributed by atoms with Crippen molar-refractivity contribution in [2.45, 2.75) is 0 Å². The zero-order valence-electron chi connectivity index (χ0n) is 9.46. The van der Waals surface area contributed by atoms with E-state index in [1.807, 2.05) is 24.3 Å². The Kier molecular flexibility index (Phi) is 13.8. The van der Waals surface area contributed by atoms with Gasteiger partial charge in [0.05, 0.1) is 0 Å². The number of fused-ring (bicyclic) bond motifs is 1. The van der Waals surface area contributed by atoms with Gasteiger partial charge in [-0.2, -0.15) is 0 Å². The number of hydrogen-bond donors (Lipinski definition) is 0. The largest absolute Gasteiger partial charge is 1.00 e. The minimum Gasteiger partial charge on any atom is -0.698 e. The van der Waals surface area contributed by atoms with Crippen LogP contribution in [0, 0.1) is 0 Å². The summed E-state index contributed by atoms with van der Waals surface area (Å²) in [7, 11) is 0. The molecule has 0 aromatic heterocycles. The van der Waals surface area contributed by atoms with Gasteiger partial charge in [-0.25, -0.2) is 0 Å². The van der Waals surface area contributed by atoms with Crippen molar-refractivity contribution in [1.29, 1.82) is 0 Å². The molecule has 0 aliphatic carbocycles. The smallest absolute Gasteiger partial charge is 0.698 e. The topological polar surface area (TPSA) is 47.6 Å². The quantitative estimate of drug-likeness (QED) is 0.433. The van der Waals surface area contributed by atoms with Gasteiger partial charge in [-0.15, -0.1) is 11.4 Å². The molecule has 0 aliphatic rings. The Morgan fingerprint density at radius 2 is 1.07 bits per heavy atom. The minimum atomic E-state index is 0. The van der Waals surface area contributed by atoms with Gasteiger partial charge in [-0.05, 0) is 10.8 Å². The standard InChI is InChI=1S/C10H8N2.3K/c11-8-5-1-3-7-4-2-6-9(12)10(7)8;;;/h1-6,11-12H;;;/q-2;3*+1. The average Bonchev–Trinajstić information content (AvgIpc) is 2.04. The van der Waals surface area contributed by atoms with Crippen LogP contribution in [-0.4, -0.2) is 0 Å². The molecule has 60 valence electrons. The molecule has 0 spiro atoms. The molecule has 0 bridgehead atoms. The van der Waals surface area contributed by atoms with Gasteiger partial charge in [0.2, 0.25) is 0 Å². The SMILES string of the molecule is [K+].[K+].[K+].[NH-]c1cccc2cccc([NH-])c12. The molecule has 0 saturated carbocycles. The second-order valence-corrected chi connectivity index (χ2v) is 2.71. The van der Waals surface area contributed by atoms with E-state index in [-0.39, 0.29) is 154 Å². The Hall–Kier alpha value is 3.21. The van der Waals surface area contributed by atoms with Gasteiger partial charge in [0.15, 0.2) is 0 Å². The van der Waals surface area contributed by atoms with Crippen molar-refractivity contribution < 1.29 is 154 Å². The molecule has 15 heavy (non-hydrogen) atoms. The molecule has 2 aromatic carbocycles. The van der Waals surface area contributed by atoms with E-state index in [9.17, 15) is 0 Å². The Balaban J connectivity index is 0. The Labute approximate surface area is 218 Å². The molecule has 5 heteroatoms. The third-order valence-corrected chi connectivity index (χ3v) is 1.90. The fourth-order valence-electron chi connectivity index (χ4n) is 1.34. The van der Waals surface area contributed by atoms with E-state index in [4.69, 9.17) is 11.5 Å². The van der Waals surface area contributed by atoms with Gasteiger partial charge in [-0.3, -0.25) is 0 Å². The van der Waals surface area contributed by atoms with Gasteiger partial charge in [0.1, 0.15) is 0 Å². The van der Waals surface area contributed by atoms with Crippen LogP contribution < -0.4 is 154 Å². The molecule has 0 heterocycles. The second-order valence-electron chi connectivity index (χ2n) is 2.71. The third-order valence-electron chi connectivity index (χ3n) is 1.90. The summed E-state index contributed by atoms with van der Waals surface area (Å²) in [6.45, 7) is 0. The van der Waals surface area contributed by atoms with Crippen LogP contribution in [0.3, 0.4) is 0 Å². The van der Waals surface area contributed by atoms with Crippen LogP contribution in [-0.2, 0) is 0 Å². The maximum Gasteiger partial charge on any atom is 1.00 e. The summed E-state index contributed by atoms with van der Waals surface area (Å²) in [4.78, 5) is 0. The molecule has 2 rings (SSSR count). The van der Waals surface area contributed by atoms with E-state index >= 15 is 0 Å². The Morgan fingerprint density at radius 3 is 1.40 bits per heavy atom. The van der Waals surface area contributed by atoms with E-state index in [1.54, 1.807) is 12.1 Å². The molecule has 0 saturated heterocycles. The maximum absolute atomic E-state index is 7.58. The summed E-state index contributed by atoms with van der Waals surface area (Å²) in [5.74, 6) is 0. The van der Waals surface area contributed by atoms with Crippen molar-refractivity contribution in [1.82, 2.24) is 0 Å². The van der Waals surface area contributed by atoms with Crippen molar-refractivity contribution in [3.05, 3.63) is 47.9 Å². The first-order valence-corrected chi connectivity index (χ1v) is 3.74. The van der Waals surface area contributed by atoms with Crippen LogP contribution in [0.1, 0.15) is 0 Å². The number of hydrogen-bond acceptors (Lipinski definition) is 0. The normalized spacial score (nSPS) is 8.27. The van der Waals surface area contributed by atoms with Crippen LogP contribution >= 0.6 is 0 Å². The number of rotatable bonds is 0. The van der Waals surface area contributed by atoms with E-state index < -0.39 is 0 Å². The van der Waals surface area contributed by atoms with Gasteiger partial charge in [-0.1, -0.05) is 36.4 Å². The zero-order chi connectivity index (χ0) is 8.55. The molecule has 2 aromatic rings. The monoisotopic (exact) mass is 273 g/mol. The molecule has 0 aliphatic heterocycles. The predicted molar refractivity (Wildman–Crippen MR) is 51.9 cm³/mol. The zero-order valence-corrected chi connectivity index (χ0v) is 18.8. The van der Waals surface area contributed by atoms with Gasteiger partial charge in [0, 0.05) is 0 Å². The first kappa shape index (κ1) is 20.5. The van der Waals surface area contributed by atoms with Crippen LogP contribution in [0.2, 0.25) is 0 Å². The molecule has 0 fully saturated rings. The van der Waals surface area contributed by atoms with Crippen molar-refractivity contribution in [2.24, 2.45) is 0 Å². The molecule has 2 N–H and O–H groups in total. The maximum atomic E-state index is 7.58. The van der Waals surface area contributed by atoms with Crippen molar-refractivity contribution in [3.8, 4) is 0 Å². The van der Waals surface area contributed by atoms with Crippen molar-refractivity contribution in [3.63, 3.8) is 0 Å². The molecule has 0 amide bonds. The third kappa shape index (κ3) is 5.38. The summed E-state index contributed by atoms with van der Waals surface area (Å²) in [6, 6.07) is 10.9. The molecule has 0 radical (unpaired) electrons. The van der Waals surface area contributed by atoms with Gasteiger partial charge < -0.3 is 11.5 Å². The van der Waals surface area contributed by atoms with E-state index in [0.29, 0.717) is 11.4 Å². The van der Waals surface area contributed by atoms with Gasteiger partial charge >= 0.3 is 154 Å². The Bertz CT molecular complexity index is 395. The summed E-state index contributed by atoms with van der Waals surface area (Å²) in [5.41, 5.74) is 16.0. The molecular weight excluding hydrogens is 265 g/mol. The molecule has 0 unspecified atom stereocenters. The summed E-state index contributed by atoms with van der Waals surface area (Å²) in [6.07, 6.45) is 0.